The van der Waals surface area contributed by atoms with Crippen molar-refractivity contribution in [1.82, 2.24) is 4.90 Å². The summed E-state index contributed by atoms with van der Waals surface area (Å²) in [6.07, 6.45) is 4.24. The van der Waals surface area contributed by atoms with Crippen molar-refractivity contribution in [1.29, 1.82) is 0 Å². The second-order valence-electron chi connectivity index (χ2n) is 3.36. The molecule has 0 aromatic carbocycles. The molecule has 2 N–H and O–H groups in total. The van der Waals surface area contributed by atoms with Gasteiger partial charge < -0.3 is 10.6 Å². The van der Waals surface area contributed by atoms with Gasteiger partial charge >= 0.3 is 0 Å². The quantitative estimate of drug-likeness (QED) is 0.542. The maximum absolute atomic E-state index is 11.3. The minimum Gasteiger partial charge on any atom is -0.333 e. The van der Waals surface area contributed by atoms with E-state index in [4.69, 9.17) is 5.73 Å². The van der Waals surface area contributed by atoms with Gasteiger partial charge in [-0.3, -0.25) is 4.79 Å². The third-order valence-corrected chi connectivity index (χ3v) is 2.56. The van der Waals surface area contributed by atoms with Crippen LogP contribution in [-0.2, 0) is 4.79 Å². The van der Waals surface area contributed by atoms with Gasteiger partial charge in [0, 0.05) is 6.04 Å². The molecule has 0 saturated carbocycles. The van der Waals surface area contributed by atoms with E-state index in [9.17, 15) is 4.79 Å². The van der Waals surface area contributed by atoms with Crippen molar-refractivity contribution in [2.45, 2.75) is 37.8 Å². The number of hydrogen-bond donors (Lipinski definition) is 1. The van der Waals surface area contributed by atoms with Crippen LogP contribution < -0.4 is 5.73 Å². The third-order valence-electron chi connectivity index (χ3n) is 2.56. The summed E-state index contributed by atoms with van der Waals surface area (Å²) < 4.78 is 0. The van der Waals surface area contributed by atoms with E-state index in [1.807, 2.05) is 11.4 Å². The minimum absolute atomic E-state index is 0.120. The molecule has 61 valence electrons. The summed E-state index contributed by atoms with van der Waals surface area (Å²) in [5.74, 6) is 0.120. The van der Waals surface area contributed by atoms with Crippen molar-refractivity contribution in [2.24, 2.45) is 5.73 Å². The monoisotopic (exact) mass is 153 g/mol. The molecule has 0 spiro atoms. The topological polar surface area (TPSA) is 46.3 Å². The van der Waals surface area contributed by atoms with E-state index in [0.29, 0.717) is 6.04 Å². The highest BCUT2D eigenvalue weighted by Crippen LogP contribution is 2.28. The average Bonchev–Trinajstić information content (AvgIpc) is 2.30. The van der Waals surface area contributed by atoms with Crippen LogP contribution in [0.2, 0.25) is 0 Å². The number of hydrogen-bond acceptors (Lipinski definition) is 2. The first-order chi connectivity index (χ1) is 5.29. The van der Waals surface area contributed by atoms with Gasteiger partial charge in [0.1, 0.15) is 0 Å². The van der Waals surface area contributed by atoms with Crippen LogP contribution >= 0.6 is 0 Å². The van der Waals surface area contributed by atoms with Gasteiger partial charge in [0.15, 0.2) is 0 Å². The van der Waals surface area contributed by atoms with E-state index in [2.05, 4.69) is 0 Å². The molecule has 1 amide bonds. The van der Waals surface area contributed by atoms with Crippen molar-refractivity contribution in [3.63, 3.8) is 0 Å². The van der Waals surface area contributed by atoms with Crippen molar-refractivity contribution >= 4 is 5.91 Å². The number of nitrogens with zero attached hydrogens (tertiary/aromatic N) is 1. The van der Waals surface area contributed by atoms with E-state index in [1.165, 1.54) is 6.42 Å². The summed E-state index contributed by atoms with van der Waals surface area (Å²) in [4.78, 5) is 13.2. The van der Waals surface area contributed by atoms with Crippen molar-refractivity contribution < 1.29 is 4.79 Å². The predicted molar refractivity (Wildman–Crippen MR) is 41.4 cm³/mol. The van der Waals surface area contributed by atoms with Gasteiger partial charge in [-0.1, -0.05) is 0 Å². The largest absolute Gasteiger partial charge is 0.333 e. The zero-order valence-corrected chi connectivity index (χ0v) is 6.49. The van der Waals surface area contributed by atoms with Crippen LogP contribution in [0.5, 0.6) is 0 Å². The molecular weight excluding hydrogens is 140 g/mol. The Morgan fingerprint density at radius 2 is 2.45 bits per heavy atom. The van der Waals surface area contributed by atoms with Gasteiger partial charge in [0.2, 0.25) is 5.91 Å². The second-order valence-corrected chi connectivity index (χ2v) is 3.36. The lowest BCUT2D eigenvalue weighted by Crippen LogP contribution is -2.36. The first kappa shape index (κ1) is 7.10. The Hall–Kier alpha value is -0.570. The van der Waals surface area contributed by atoms with E-state index in [0.717, 1.165) is 19.3 Å². The molecule has 11 heavy (non-hydrogen) atoms. The number of rotatable bonds is 0. The summed E-state index contributed by atoms with van der Waals surface area (Å²) in [6, 6.07) is 0.195. The zero-order valence-electron chi connectivity index (χ0n) is 6.49. The summed E-state index contributed by atoms with van der Waals surface area (Å²) >= 11 is 0. The highest BCUT2D eigenvalue weighted by atomic mass is 16.2. The van der Waals surface area contributed by atoms with Gasteiger partial charge in [-0.25, -0.2) is 0 Å². The van der Waals surface area contributed by atoms with Crippen LogP contribution in [0.15, 0.2) is 0 Å². The van der Waals surface area contributed by atoms with Gasteiger partial charge in [0.25, 0.3) is 0 Å². The van der Waals surface area contributed by atoms with E-state index >= 15 is 0 Å². The maximum Gasteiger partial charge on any atom is 0.240 e. The van der Waals surface area contributed by atoms with Crippen LogP contribution in [0.3, 0.4) is 0 Å². The molecule has 0 aromatic heterocycles. The van der Waals surface area contributed by atoms with Gasteiger partial charge in [0.05, 0.1) is 12.6 Å². The average molecular weight is 153 g/mol. The molecule has 2 atom stereocenters. The van der Waals surface area contributed by atoms with Crippen LogP contribution in [0, 0.1) is 6.54 Å². The molecule has 2 unspecified atom stereocenters. The number of carbonyl (C=O) groups is 1. The Morgan fingerprint density at radius 1 is 1.64 bits per heavy atom. The van der Waals surface area contributed by atoms with Crippen LogP contribution in [0.25, 0.3) is 0 Å². The van der Waals surface area contributed by atoms with Gasteiger partial charge in [-0.15, -0.1) is 0 Å². The Balaban J connectivity index is 2.11. The molecule has 0 aromatic rings. The molecule has 2 rings (SSSR count). The summed E-state index contributed by atoms with van der Waals surface area (Å²) in [6.45, 7) is 2.00. The third kappa shape index (κ3) is 1.03. The number of fused-ring (bicyclic) bond motifs is 1. The Labute approximate surface area is 66.5 Å². The summed E-state index contributed by atoms with van der Waals surface area (Å²) in [5, 5.41) is 0. The fourth-order valence-corrected chi connectivity index (χ4v) is 1.96. The molecule has 2 saturated heterocycles. The van der Waals surface area contributed by atoms with Crippen LogP contribution in [0.4, 0.5) is 0 Å². The molecule has 0 bridgehead atoms. The normalized spacial score (nSPS) is 37.5. The van der Waals surface area contributed by atoms with E-state index in [-0.39, 0.29) is 11.9 Å². The van der Waals surface area contributed by atoms with Crippen molar-refractivity contribution in [3.05, 3.63) is 6.54 Å². The van der Waals surface area contributed by atoms with Gasteiger partial charge in [-0.2, -0.15) is 0 Å². The highest BCUT2D eigenvalue weighted by Gasteiger charge is 2.38. The smallest absolute Gasteiger partial charge is 0.240 e. The lowest BCUT2D eigenvalue weighted by Gasteiger charge is -2.28. The number of amides is 1. The zero-order chi connectivity index (χ0) is 7.84. The fourth-order valence-electron chi connectivity index (χ4n) is 1.96. The standard InChI is InChI=1S/C8H13N2O/c9-7-5-6-3-1-2-4-10(6)8(7)11/h4,6-7H,1-3,5,9H2. The highest BCUT2D eigenvalue weighted by molar-refractivity contribution is 5.85. The SMILES string of the molecule is NC1CC2CCC[CH]N2C1=O. The van der Waals surface area contributed by atoms with E-state index in [1.54, 1.807) is 0 Å². The Bertz CT molecular complexity index is 181. The molecule has 2 fully saturated rings. The molecule has 1 radical (unpaired) electrons. The molecule has 2 heterocycles. The molecule has 0 aliphatic carbocycles. The summed E-state index contributed by atoms with van der Waals surface area (Å²) in [5.41, 5.74) is 5.63. The molecule has 2 aliphatic rings. The van der Waals surface area contributed by atoms with Crippen LogP contribution in [-0.4, -0.2) is 22.9 Å². The molecule has 3 heteroatoms. The Morgan fingerprint density at radius 3 is 3.18 bits per heavy atom. The minimum atomic E-state index is -0.227. The molecule has 2 aliphatic heterocycles. The first-order valence-corrected chi connectivity index (χ1v) is 4.20. The Kier molecular flexibility index (Phi) is 1.60. The number of carbonyl (C=O) groups excluding carboxylic acids is 1. The molecule has 3 nitrogen and oxygen atoms in total. The lowest BCUT2D eigenvalue weighted by atomic mass is 10.0. The second kappa shape index (κ2) is 2.48. The number of piperidine rings is 1. The predicted octanol–water partition coefficient (Wildman–Crippen LogP) is 0.260. The fraction of sp³-hybridized carbons (Fsp3) is 0.750. The van der Waals surface area contributed by atoms with Crippen molar-refractivity contribution in [2.75, 3.05) is 0 Å². The van der Waals surface area contributed by atoms with E-state index < -0.39 is 0 Å². The van der Waals surface area contributed by atoms with Crippen LogP contribution in [0.1, 0.15) is 25.7 Å². The summed E-state index contributed by atoms with van der Waals surface area (Å²) in [7, 11) is 0. The number of nitrogens with two attached hydrogens (primary N) is 1. The maximum atomic E-state index is 11.3. The first-order valence-electron chi connectivity index (χ1n) is 4.20. The lowest BCUT2D eigenvalue weighted by molar-refractivity contribution is -0.129. The van der Waals surface area contributed by atoms with Gasteiger partial charge in [-0.05, 0) is 25.7 Å². The van der Waals surface area contributed by atoms with Crippen molar-refractivity contribution in [3.8, 4) is 0 Å². The molecular formula is C8H13N2O.